The van der Waals surface area contributed by atoms with Crippen LogP contribution in [0.3, 0.4) is 0 Å². The van der Waals surface area contributed by atoms with Crippen LogP contribution in [0.25, 0.3) is 99.6 Å². The first-order valence-corrected chi connectivity index (χ1v) is 17.5. The summed E-state index contributed by atoms with van der Waals surface area (Å²) in [5, 5.41) is 5.97. The lowest BCUT2D eigenvalue weighted by Gasteiger charge is -2.12. The van der Waals surface area contributed by atoms with E-state index in [2.05, 4.69) is 167 Å². The number of hydrogen-bond acceptors (Lipinski definition) is 3. The molecule has 0 amide bonds. The Balaban J connectivity index is 1.10. The molecule has 5 nitrogen and oxygen atoms in total. The quantitative estimate of drug-likeness (QED) is 0.176. The number of nitrogens with zero attached hydrogens (tertiary/aromatic N) is 5. The molecule has 11 rings (SSSR count). The number of para-hydroxylation sites is 3. The molecule has 0 aliphatic heterocycles. The van der Waals surface area contributed by atoms with E-state index in [0.717, 1.165) is 61.1 Å². The predicted octanol–water partition coefficient (Wildman–Crippen LogP) is 11.7. The molecule has 5 heteroatoms. The highest BCUT2D eigenvalue weighted by Crippen LogP contribution is 2.39. The molecule has 52 heavy (non-hydrogen) atoms. The Labute approximate surface area is 298 Å². The van der Waals surface area contributed by atoms with Gasteiger partial charge in [-0.2, -0.15) is 0 Å². The summed E-state index contributed by atoms with van der Waals surface area (Å²) < 4.78 is 4.70. The van der Waals surface area contributed by atoms with Gasteiger partial charge >= 0.3 is 0 Å². The lowest BCUT2D eigenvalue weighted by atomic mass is 10.0. The molecule has 0 aliphatic rings. The topological polar surface area (TPSA) is 48.0 Å². The van der Waals surface area contributed by atoms with E-state index in [-0.39, 0.29) is 0 Å². The molecule has 0 atom stereocenters. The third-order valence-electron chi connectivity index (χ3n) is 10.4. The summed E-state index contributed by atoms with van der Waals surface area (Å²) in [7, 11) is 0. The molecule has 0 aliphatic carbocycles. The Kier molecular flexibility index (Phi) is 6.18. The molecular formula is C47H29N5. The van der Waals surface area contributed by atoms with Crippen LogP contribution in [0.5, 0.6) is 0 Å². The van der Waals surface area contributed by atoms with Crippen molar-refractivity contribution in [1.82, 2.24) is 23.9 Å². The first-order valence-electron chi connectivity index (χ1n) is 17.5. The second-order valence-corrected chi connectivity index (χ2v) is 13.3. The van der Waals surface area contributed by atoms with Crippen molar-refractivity contribution in [3.05, 3.63) is 176 Å². The SMILES string of the molecule is c1ccc(-c2ccc(-c3ccnc(-c4cccc(-n5c6ccccc6c6cc7c8ccccc8c8nc9ccccc9n8c7cc65)c4)n3)cc2)cc1. The van der Waals surface area contributed by atoms with Crippen molar-refractivity contribution >= 4 is 60.2 Å². The summed E-state index contributed by atoms with van der Waals surface area (Å²) in [6, 6.07) is 60.0. The van der Waals surface area contributed by atoms with Gasteiger partial charge in [-0.1, -0.05) is 121 Å². The lowest BCUT2D eigenvalue weighted by Crippen LogP contribution is -1.97. The van der Waals surface area contributed by atoms with Crippen molar-refractivity contribution in [2.45, 2.75) is 0 Å². The number of hydrogen-bond donors (Lipinski definition) is 0. The Bertz CT molecular complexity index is 3170. The molecule has 11 aromatic rings. The fourth-order valence-corrected chi connectivity index (χ4v) is 7.95. The van der Waals surface area contributed by atoms with Crippen molar-refractivity contribution < 1.29 is 0 Å². The smallest absolute Gasteiger partial charge is 0.159 e. The van der Waals surface area contributed by atoms with Crippen LogP contribution in [-0.4, -0.2) is 23.9 Å². The molecule has 0 saturated carbocycles. The standard InChI is InChI=1S/C47H29N5/c1-2-11-30(12-3-1)31-21-23-32(24-22-31)40-25-26-48-46(49-40)33-13-10-14-34(27-33)51-42-19-8-6-16-36(42)39-28-38-35-15-4-5-17-37(35)47-50-41-18-7-9-20-43(41)52(47)45(38)29-44(39)51/h1-29H. The Hall–Kier alpha value is -7.11. The van der Waals surface area contributed by atoms with E-state index in [0.29, 0.717) is 5.82 Å². The van der Waals surface area contributed by atoms with Crippen molar-refractivity contribution in [1.29, 1.82) is 0 Å². The van der Waals surface area contributed by atoms with Crippen molar-refractivity contribution in [3.8, 4) is 39.5 Å². The summed E-state index contributed by atoms with van der Waals surface area (Å²) in [6.07, 6.45) is 1.85. The molecule has 0 radical (unpaired) electrons. The number of rotatable bonds is 4. The van der Waals surface area contributed by atoms with Gasteiger partial charge in [0.05, 0.1) is 33.3 Å². The summed E-state index contributed by atoms with van der Waals surface area (Å²) in [6.45, 7) is 0. The molecule has 7 aromatic carbocycles. The van der Waals surface area contributed by atoms with Crippen LogP contribution in [0.1, 0.15) is 0 Å². The zero-order valence-corrected chi connectivity index (χ0v) is 28.0. The van der Waals surface area contributed by atoms with Gasteiger partial charge in [-0.3, -0.25) is 4.40 Å². The molecular weight excluding hydrogens is 635 g/mol. The maximum atomic E-state index is 5.13. The van der Waals surface area contributed by atoms with Crippen molar-refractivity contribution in [2.24, 2.45) is 0 Å². The van der Waals surface area contributed by atoms with Crippen LogP contribution in [0.15, 0.2) is 176 Å². The van der Waals surface area contributed by atoms with E-state index in [4.69, 9.17) is 15.0 Å². The fourth-order valence-electron chi connectivity index (χ4n) is 7.95. The Morgan fingerprint density at radius 1 is 0.385 bits per heavy atom. The maximum absolute atomic E-state index is 5.13. The third-order valence-corrected chi connectivity index (χ3v) is 10.4. The average Bonchev–Trinajstić information content (AvgIpc) is 3.77. The van der Waals surface area contributed by atoms with Gasteiger partial charge in [-0.25, -0.2) is 15.0 Å². The Morgan fingerprint density at radius 3 is 1.92 bits per heavy atom. The zero-order chi connectivity index (χ0) is 34.2. The van der Waals surface area contributed by atoms with E-state index >= 15 is 0 Å². The summed E-state index contributed by atoms with van der Waals surface area (Å²) >= 11 is 0. The minimum Gasteiger partial charge on any atom is -0.309 e. The molecule has 0 saturated heterocycles. The average molecular weight is 664 g/mol. The molecule has 0 bridgehead atoms. The van der Waals surface area contributed by atoms with E-state index in [1.54, 1.807) is 0 Å². The number of imidazole rings is 1. The predicted molar refractivity (Wildman–Crippen MR) is 214 cm³/mol. The van der Waals surface area contributed by atoms with E-state index in [1.807, 2.05) is 18.3 Å². The minimum absolute atomic E-state index is 0.691. The van der Waals surface area contributed by atoms with E-state index in [1.165, 1.54) is 32.7 Å². The summed E-state index contributed by atoms with van der Waals surface area (Å²) in [4.78, 5) is 14.9. The first kappa shape index (κ1) is 28.7. The van der Waals surface area contributed by atoms with Crippen LogP contribution in [0, 0.1) is 0 Å². The van der Waals surface area contributed by atoms with Gasteiger partial charge in [-0.05, 0) is 65.0 Å². The second kappa shape index (κ2) is 11.2. The highest BCUT2D eigenvalue weighted by molar-refractivity contribution is 6.20. The third kappa shape index (κ3) is 4.33. The number of aromatic nitrogens is 5. The van der Waals surface area contributed by atoms with E-state index < -0.39 is 0 Å². The fraction of sp³-hybridized carbons (Fsp3) is 0. The number of benzene rings is 7. The maximum Gasteiger partial charge on any atom is 0.159 e. The number of fused-ring (bicyclic) bond motifs is 11. The summed E-state index contributed by atoms with van der Waals surface area (Å²) in [5.41, 5.74) is 12.8. The van der Waals surface area contributed by atoms with Crippen molar-refractivity contribution in [3.63, 3.8) is 0 Å². The molecule has 0 fully saturated rings. The van der Waals surface area contributed by atoms with Gasteiger partial charge < -0.3 is 4.57 Å². The van der Waals surface area contributed by atoms with Crippen LogP contribution in [0.2, 0.25) is 0 Å². The van der Waals surface area contributed by atoms with Gasteiger partial charge in [0.25, 0.3) is 0 Å². The first-order chi connectivity index (χ1) is 25.8. The molecule has 0 unspecified atom stereocenters. The van der Waals surface area contributed by atoms with Crippen LogP contribution >= 0.6 is 0 Å². The molecule has 0 spiro atoms. The number of pyridine rings is 1. The van der Waals surface area contributed by atoms with Gasteiger partial charge in [0, 0.05) is 44.6 Å². The second-order valence-electron chi connectivity index (χ2n) is 13.3. The monoisotopic (exact) mass is 663 g/mol. The van der Waals surface area contributed by atoms with Crippen LogP contribution < -0.4 is 0 Å². The molecule has 242 valence electrons. The van der Waals surface area contributed by atoms with Gasteiger partial charge in [0.1, 0.15) is 5.65 Å². The van der Waals surface area contributed by atoms with Gasteiger partial charge in [0.15, 0.2) is 5.82 Å². The minimum atomic E-state index is 0.691. The molecule has 0 N–H and O–H groups in total. The van der Waals surface area contributed by atoms with Crippen LogP contribution in [0.4, 0.5) is 0 Å². The largest absolute Gasteiger partial charge is 0.309 e. The zero-order valence-electron chi connectivity index (χ0n) is 28.0. The molecule has 4 aromatic heterocycles. The highest BCUT2D eigenvalue weighted by Gasteiger charge is 2.19. The lowest BCUT2D eigenvalue weighted by molar-refractivity contribution is 1.15. The van der Waals surface area contributed by atoms with Crippen LogP contribution in [-0.2, 0) is 0 Å². The summed E-state index contributed by atoms with van der Waals surface area (Å²) in [5.74, 6) is 0.691. The van der Waals surface area contributed by atoms with Gasteiger partial charge in [-0.15, -0.1) is 0 Å². The highest BCUT2D eigenvalue weighted by atomic mass is 15.0. The van der Waals surface area contributed by atoms with E-state index in [9.17, 15) is 0 Å². The normalized spacial score (nSPS) is 11.8. The van der Waals surface area contributed by atoms with Crippen molar-refractivity contribution in [2.75, 3.05) is 0 Å². The van der Waals surface area contributed by atoms with Gasteiger partial charge in [0.2, 0.25) is 0 Å². The Morgan fingerprint density at radius 2 is 1.06 bits per heavy atom. The molecule has 4 heterocycles.